The first-order valence-electron chi connectivity index (χ1n) is 8.46. The SMILES string of the molecule is CCCC/C=C/CCCCc1cc(=O)c2ccccc2n1C. The zero-order valence-corrected chi connectivity index (χ0v) is 13.8. The molecule has 0 aliphatic carbocycles. The summed E-state index contributed by atoms with van der Waals surface area (Å²) in [5, 5.41) is 0.813. The van der Waals surface area contributed by atoms with Crippen molar-refractivity contribution in [2.45, 2.75) is 51.9 Å². The van der Waals surface area contributed by atoms with E-state index in [-0.39, 0.29) is 5.43 Å². The molecular formula is C20H27NO. The summed E-state index contributed by atoms with van der Waals surface area (Å²) in [7, 11) is 2.06. The van der Waals surface area contributed by atoms with E-state index in [1.54, 1.807) is 6.07 Å². The Morgan fingerprint density at radius 3 is 2.55 bits per heavy atom. The minimum Gasteiger partial charge on any atom is -0.347 e. The highest BCUT2D eigenvalue weighted by molar-refractivity contribution is 5.79. The number of hydrogen-bond acceptors (Lipinski definition) is 1. The van der Waals surface area contributed by atoms with E-state index in [1.807, 2.05) is 24.3 Å². The Kier molecular flexibility index (Phi) is 6.45. The summed E-state index contributed by atoms with van der Waals surface area (Å²) in [6.45, 7) is 2.22. The molecule has 0 unspecified atom stereocenters. The Labute approximate surface area is 133 Å². The van der Waals surface area contributed by atoms with E-state index in [0.717, 1.165) is 35.9 Å². The number of unbranched alkanes of at least 4 members (excludes halogenated alkanes) is 4. The summed E-state index contributed by atoms with van der Waals surface area (Å²) >= 11 is 0. The smallest absolute Gasteiger partial charge is 0.189 e. The quantitative estimate of drug-likeness (QED) is 0.496. The molecule has 0 fully saturated rings. The van der Waals surface area contributed by atoms with Crippen LogP contribution >= 0.6 is 0 Å². The summed E-state index contributed by atoms with van der Waals surface area (Å²) < 4.78 is 2.16. The van der Waals surface area contributed by atoms with Crippen LogP contribution in [0.3, 0.4) is 0 Å². The molecule has 0 aliphatic rings. The molecule has 2 heteroatoms. The first-order valence-corrected chi connectivity index (χ1v) is 8.46. The zero-order chi connectivity index (χ0) is 15.8. The van der Waals surface area contributed by atoms with Gasteiger partial charge in [-0.3, -0.25) is 4.79 Å². The molecule has 22 heavy (non-hydrogen) atoms. The van der Waals surface area contributed by atoms with Crippen LogP contribution in [0.5, 0.6) is 0 Å². The van der Waals surface area contributed by atoms with E-state index in [4.69, 9.17) is 0 Å². The fourth-order valence-electron chi connectivity index (χ4n) is 2.82. The van der Waals surface area contributed by atoms with Gasteiger partial charge in [0.2, 0.25) is 0 Å². The maximum absolute atomic E-state index is 12.2. The lowest BCUT2D eigenvalue weighted by Gasteiger charge is -2.12. The number of pyridine rings is 1. The second-order valence-corrected chi connectivity index (χ2v) is 5.94. The van der Waals surface area contributed by atoms with Crippen LogP contribution in [0.1, 0.15) is 51.1 Å². The fraction of sp³-hybridized carbons (Fsp3) is 0.450. The van der Waals surface area contributed by atoms with Gasteiger partial charge in [0.25, 0.3) is 0 Å². The fourth-order valence-corrected chi connectivity index (χ4v) is 2.82. The normalized spacial score (nSPS) is 11.5. The van der Waals surface area contributed by atoms with Crippen LogP contribution in [0.4, 0.5) is 0 Å². The summed E-state index contributed by atoms with van der Waals surface area (Å²) in [5.74, 6) is 0. The average Bonchev–Trinajstić information content (AvgIpc) is 2.54. The van der Waals surface area contributed by atoms with Crippen LogP contribution in [-0.4, -0.2) is 4.57 Å². The predicted octanol–water partition coefficient (Wildman–Crippen LogP) is 5.00. The second kappa shape index (κ2) is 8.57. The number of fused-ring (bicyclic) bond motifs is 1. The summed E-state index contributed by atoms with van der Waals surface area (Å²) in [4.78, 5) is 12.2. The Morgan fingerprint density at radius 1 is 1.05 bits per heavy atom. The molecule has 0 bridgehead atoms. The number of hydrogen-bond donors (Lipinski definition) is 0. The monoisotopic (exact) mass is 297 g/mol. The number of para-hydroxylation sites is 1. The Morgan fingerprint density at radius 2 is 1.77 bits per heavy atom. The molecule has 0 saturated heterocycles. The lowest BCUT2D eigenvalue weighted by molar-refractivity contribution is 0.704. The van der Waals surface area contributed by atoms with Crippen molar-refractivity contribution in [2.24, 2.45) is 7.05 Å². The van der Waals surface area contributed by atoms with Gasteiger partial charge in [0.15, 0.2) is 5.43 Å². The molecule has 1 aromatic carbocycles. The van der Waals surface area contributed by atoms with Crippen molar-refractivity contribution in [1.29, 1.82) is 0 Å². The molecular weight excluding hydrogens is 270 g/mol. The standard InChI is InChI=1S/C20H27NO/c1-3-4-5-6-7-8-9-10-13-17-16-20(22)18-14-11-12-15-19(18)21(17)2/h6-7,11-12,14-16H,3-5,8-10,13H2,1-2H3/b7-6+. The van der Waals surface area contributed by atoms with Crippen molar-refractivity contribution in [3.8, 4) is 0 Å². The maximum Gasteiger partial charge on any atom is 0.189 e. The molecule has 1 heterocycles. The molecule has 1 aromatic heterocycles. The number of allylic oxidation sites excluding steroid dienone is 2. The van der Waals surface area contributed by atoms with Crippen LogP contribution in [0, 0.1) is 0 Å². The third kappa shape index (κ3) is 4.33. The van der Waals surface area contributed by atoms with Crippen LogP contribution in [0.15, 0.2) is 47.3 Å². The molecule has 2 aromatic rings. The molecule has 2 rings (SSSR count). The van der Waals surface area contributed by atoms with Gasteiger partial charge in [-0.25, -0.2) is 0 Å². The van der Waals surface area contributed by atoms with E-state index in [0.29, 0.717) is 0 Å². The van der Waals surface area contributed by atoms with E-state index in [2.05, 4.69) is 30.7 Å². The summed E-state index contributed by atoms with van der Waals surface area (Å²) in [6, 6.07) is 9.65. The highest BCUT2D eigenvalue weighted by atomic mass is 16.1. The summed E-state index contributed by atoms with van der Waals surface area (Å²) in [6.07, 6.45) is 12.8. The first-order chi connectivity index (χ1) is 10.7. The van der Waals surface area contributed by atoms with E-state index in [1.165, 1.54) is 25.7 Å². The molecule has 118 valence electrons. The minimum absolute atomic E-state index is 0.142. The van der Waals surface area contributed by atoms with Gasteiger partial charge in [0.1, 0.15) is 0 Å². The van der Waals surface area contributed by atoms with E-state index >= 15 is 0 Å². The first kappa shape index (κ1) is 16.5. The molecule has 0 N–H and O–H groups in total. The lowest BCUT2D eigenvalue weighted by Crippen LogP contribution is -2.11. The average molecular weight is 297 g/mol. The Balaban J connectivity index is 1.91. The minimum atomic E-state index is 0.142. The van der Waals surface area contributed by atoms with Crippen molar-refractivity contribution in [1.82, 2.24) is 4.57 Å². The van der Waals surface area contributed by atoms with Gasteiger partial charge in [-0.2, -0.15) is 0 Å². The van der Waals surface area contributed by atoms with Gasteiger partial charge in [-0.1, -0.05) is 44.1 Å². The molecule has 2 nitrogen and oxygen atoms in total. The molecule has 0 atom stereocenters. The van der Waals surface area contributed by atoms with Gasteiger partial charge in [0, 0.05) is 24.2 Å². The van der Waals surface area contributed by atoms with Crippen molar-refractivity contribution >= 4 is 10.9 Å². The van der Waals surface area contributed by atoms with E-state index < -0.39 is 0 Å². The van der Waals surface area contributed by atoms with Crippen LogP contribution in [0.25, 0.3) is 10.9 Å². The number of aromatic nitrogens is 1. The molecule has 0 saturated carbocycles. The molecule has 0 aliphatic heterocycles. The van der Waals surface area contributed by atoms with Crippen molar-refractivity contribution in [3.05, 3.63) is 58.4 Å². The van der Waals surface area contributed by atoms with Gasteiger partial charge in [-0.15, -0.1) is 0 Å². The van der Waals surface area contributed by atoms with Gasteiger partial charge in [0.05, 0.1) is 5.52 Å². The number of benzene rings is 1. The van der Waals surface area contributed by atoms with Crippen LogP contribution in [-0.2, 0) is 13.5 Å². The van der Waals surface area contributed by atoms with Crippen molar-refractivity contribution in [3.63, 3.8) is 0 Å². The molecule has 0 amide bonds. The second-order valence-electron chi connectivity index (χ2n) is 5.94. The molecule has 0 spiro atoms. The summed E-state index contributed by atoms with van der Waals surface area (Å²) in [5.41, 5.74) is 2.31. The van der Waals surface area contributed by atoms with Crippen molar-refractivity contribution in [2.75, 3.05) is 0 Å². The van der Waals surface area contributed by atoms with Crippen LogP contribution < -0.4 is 5.43 Å². The van der Waals surface area contributed by atoms with Gasteiger partial charge >= 0.3 is 0 Å². The largest absolute Gasteiger partial charge is 0.347 e. The number of nitrogens with zero attached hydrogens (tertiary/aromatic N) is 1. The Bertz CT molecular complexity index is 682. The maximum atomic E-state index is 12.2. The highest BCUT2D eigenvalue weighted by Gasteiger charge is 2.05. The number of aryl methyl sites for hydroxylation is 2. The zero-order valence-electron chi connectivity index (χ0n) is 13.8. The van der Waals surface area contributed by atoms with Crippen LogP contribution in [0.2, 0.25) is 0 Å². The van der Waals surface area contributed by atoms with Gasteiger partial charge in [-0.05, 0) is 44.2 Å². The topological polar surface area (TPSA) is 22.0 Å². The lowest BCUT2D eigenvalue weighted by atomic mass is 10.1. The van der Waals surface area contributed by atoms with Crippen molar-refractivity contribution < 1.29 is 0 Å². The molecule has 0 radical (unpaired) electrons. The Hall–Kier alpha value is -1.83. The third-order valence-electron chi connectivity index (χ3n) is 4.20. The van der Waals surface area contributed by atoms with E-state index in [9.17, 15) is 4.79 Å². The predicted molar refractivity (Wildman–Crippen MR) is 95.4 cm³/mol. The number of rotatable bonds is 8. The highest BCUT2D eigenvalue weighted by Crippen LogP contribution is 2.13. The van der Waals surface area contributed by atoms with Gasteiger partial charge < -0.3 is 4.57 Å². The third-order valence-corrected chi connectivity index (χ3v) is 4.20.